The first-order valence-corrected chi connectivity index (χ1v) is 13.2. The van der Waals surface area contributed by atoms with E-state index in [9.17, 15) is 12.8 Å². The molecule has 0 aromatic heterocycles. The van der Waals surface area contributed by atoms with Gasteiger partial charge in [0.2, 0.25) is 0 Å². The third-order valence-corrected chi connectivity index (χ3v) is 6.09. The largest absolute Gasteiger partial charge is 0.286 e. The molecule has 0 fully saturated rings. The van der Waals surface area contributed by atoms with E-state index in [1.54, 1.807) is 0 Å². The summed E-state index contributed by atoms with van der Waals surface area (Å²) in [5, 5.41) is 0. The summed E-state index contributed by atoms with van der Waals surface area (Å²) in [5.41, 5.74) is 0. The molecule has 27 heavy (non-hydrogen) atoms. The van der Waals surface area contributed by atoms with E-state index in [4.69, 9.17) is 4.55 Å². The zero-order chi connectivity index (χ0) is 20.1. The average Bonchev–Trinajstić information content (AvgIpc) is 2.62. The van der Waals surface area contributed by atoms with Crippen molar-refractivity contribution in [2.75, 3.05) is 12.4 Å². The Kier molecular flexibility index (Phi) is 20.4. The van der Waals surface area contributed by atoms with Crippen LogP contribution < -0.4 is 0 Å². The van der Waals surface area contributed by atoms with Crippen LogP contribution in [0.15, 0.2) is 0 Å². The molecule has 0 amide bonds. The van der Waals surface area contributed by atoms with Gasteiger partial charge in [-0.1, -0.05) is 116 Å². The lowest BCUT2D eigenvalue weighted by molar-refractivity contribution is 0.448. The fourth-order valence-corrected chi connectivity index (χ4v) is 4.13. The molecular formula is C22H45FO3S. The zero-order valence-corrected chi connectivity index (χ0v) is 18.4. The number of unbranched alkanes of at least 4 members (excludes halogenated alkanes) is 19. The van der Waals surface area contributed by atoms with Crippen LogP contribution in [0.3, 0.4) is 0 Å². The van der Waals surface area contributed by atoms with Crippen molar-refractivity contribution in [3.8, 4) is 0 Å². The standard InChI is InChI=1S/C22H45FO3S/c23-21-19-17-15-13-11-9-7-5-3-1-2-4-6-8-10-12-14-16-18-20-22-27(24,25)26/h1-22H2,(H,24,25,26). The number of hydrogen-bond acceptors (Lipinski definition) is 2. The van der Waals surface area contributed by atoms with E-state index in [0.29, 0.717) is 6.42 Å². The van der Waals surface area contributed by atoms with Crippen LogP contribution in [0.1, 0.15) is 128 Å². The van der Waals surface area contributed by atoms with Gasteiger partial charge in [0, 0.05) is 0 Å². The van der Waals surface area contributed by atoms with Crippen LogP contribution in [0, 0.1) is 0 Å². The summed E-state index contributed by atoms with van der Waals surface area (Å²) in [5.74, 6) is -0.0887. The van der Waals surface area contributed by atoms with Crippen LogP contribution in [-0.4, -0.2) is 25.4 Å². The summed E-state index contributed by atoms with van der Waals surface area (Å²) in [6, 6.07) is 0. The average molecular weight is 409 g/mol. The molecule has 0 aliphatic heterocycles. The molecule has 0 saturated heterocycles. The molecule has 0 saturated carbocycles. The van der Waals surface area contributed by atoms with E-state index in [1.165, 1.54) is 96.3 Å². The smallest absolute Gasteiger partial charge is 0.264 e. The van der Waals surface area contributed by atoms with Gasteiger partial charge in [0.05, 0.1) is 12.4 Å². The lowest BCUT2D eigenvalue weighted by atomic mass is 10.0. The van der Waals surface area contributed by atoms with Crippen LogP contribution in [0.4, 0.5) is 4.39 Å². The maximum Gasteiger partial charge on any atom is 0.264 e. The van der Waals surface area contributed by atoms with E-state index >= 15 is 0 Å². The van der Waals surface area contributed by atoms with Crippen LogP contribution in [0.5, 0.6) is 0 Å². The van der Waals surface area contributed by atoms with Gasteiger partial charge >= 0.3 is 0 Å². The van der Waals surface area contributed by atoms with Gasteiger partial charge in [-0.25, -0.2) is 0 Å². The first-order valence-electron chi connectivity index (χ1n) is 11.6. The maximum atomic E-state index is 11.9. The van der Waals surface area contributed by atoms with E-state index < -0.39 is 10.1 Å². The topological polar surface area (TPSA) is 54.4 Å². The summed E-state index contributed by atoms with van der Waals surface area (Å²) >= 11 is 0. The Morgan fingerprint density at radius 2 is 0.667 bits per heavy atom. The highest BCUT2D eigenvalue weighted by molar-refractivity contribution is 7.85. The third-order valence-electron chi connectivity index (χ3n) is 5.29. The Hall–Kier alpha value is -0.160. The van der Waals surface area contributed by atoms with Crippen molar-refractivity contribution >= 4 is 10.1 Å². The molecule has 0 unspecified atom stereocenters. The molecular weight excluding hydrogens is 363 g/mol. The Morgan fingerprint density at radius 3 is 0.889 bits per heavy atom. The highest BCUT2D eigenvalue weighted by Gasteiger charge is 2.02. The summed E-state index contributed by atoms with van der Waals surface area (Å²) in [6.07, 6.45) is 24.2. The third kappa shape index (κ3) is 25.8. The Bertz CT molecular complexity index is 385. The molecule has 0 rings (SSSR count). The summed E-state index contributed by atoms with van der Waals surface area (Å²) in [6.45, 7) is -0.151. The predicted molar refractivity (Wildman–Crippen MR) is 115 cm³/mol. The van der Waals surface area contributed by atoms with Gasteiger partial charge in [0.1, 0.15) is 0 Å². The van der Waals surface area contributed by atoms with Crippen molar-refractivity contribution in [1.29, 1.82) is 0 Å². The zero-order valence-electron chi connectivity index (χ0n) is 17.6. The Balaban J connectivity index is 3.03. The molecule has 164 valence electrons. The molecule has 0 aromatic rings. The summed E-state index contributed by atoms with van der Waals surface area (Å²) < 4.78 is 41.7. The second kappa shape index (κ2) is 20.6. The number of rotatable bonds is 22. The van der Waals surface area contributed by atoms with Gasteiger partial charge in [-0.05, 0) is 12.8 Å². The minimum atomic E-state index is -3.76. The van der Waals surface area contributed by atoms with Gasteiger partial charge in [0.15, 0.2) is 0 Å². The molecule has 0 atom stereocenters. The van der Waals surface area contributed by atoms with Crippen LogP contribution in [0.2, 0.25) is 0 Å². The maximum absolute atomic E-state index is 11.9. The SMILES string of the molecule is O=S(=O)(O)CCCCCCCCCCCCCCCCCCCCCCF. The van der Waals surface area contributed by atoms with Gasteiger partial charge in [-0.3, -0.25) is 8.94 Å². The minimum absolute atomic E-state index is 0.0887. The van der Waals surface area contributed by atoms with Crippen LogP contribution in [-0.2, 0) is 10.1 Å². The van der Waals surface area contributed by atoms with Gasteiger partial charge < -0.3 is 0 Å². The summed E-state index contributed by atoms with van der Waals surface area (Å²) in [7, 11) is -3.76. The summed E-state index contributed by atoms with van der Waals surface area (Å²) in [4.78, 5) is 0. The lowest BCUT2D eigenvalue weighted by Gasteiger charge is -2.04. The Labute approximate surface area is 168 Å². The van der Waals surface area contributed by atoms with E-state index in [0.717, 1.165) is 25.7 Å². The molecule has 0 radical (unpaired) electrons. The second-order valence-corrected chi connectivity index (χ2v) is 9.62. The normalized spacial score (nSPS) is 11.9. The number of halogens is 1. The van der Waals surface area contributed by atoms with Crippen molar-refractivity contribution in [2.24, 2.45) is 0 Å². The minimum Gasteiger partial charge on any atom is -0.286 e. The molecule has 0 heterocycles. The van der Waals surface area contributed by atoms with E-state index in [2.05, 4.69) is 0 Å². The van der Waals surface area contributed by atoms with Crippen LogP contribution in [0.25, 0.3) is 0 Å². The first-order chi connectivity index (χ1) is 13.1. The lowest BCUT2D eigenvalue weighted by Crippen LogP contribution is -2.03. The highest BCUT2D eigenvalue weighted by atomic mass is 32.2. The van der Waals surface area contributed by atoms with Gasteiger partial charge in [0.25, 0.3) is 10.1 Å². The molecule has 0 aromatic carbocycles. The molecule has 1 N–H and O–H groups in total. The van der Waals surface area contributed by atoms with Gasteiger partial charge in [-0.15, -0.1) is 0 Å². The molecule has 0 spiro atoms. The van der Waals surface area contributed by atoms with Crippen molar-refractivity contribution in [3.63, 3.8) is 0 Å². The quantitative estimate of drug-likeness (QED) is 0.148. The molecule has 0 bridgehead atoms. The van der Waals surface area contributed by atoms with Gasteiger partial charge in [-0.2, -0.15) is 8.42 Å². The monoisotopic (exact) mass is 408 g/mol. The van der Waals surface area contributed by atoms with Crippen molar-refractivity contribution in [1.82, 2.24) is 0 Å². The molecule has 0 aliphatic carbocycles. The van der Waals surface area contributed by atoms with Crippen molar-refractivity contribution in [2.45, 2.75) is 128 Å². The fourth-order valence-electron chi connectivity index (χ4n) is 3.56. The fraction of sp³-hybridized carbons (Fsp3) is 1.00. The van der Waals surface area contributed by atoms with Crippen LogP contribution >= 0.6 is 0 Å². The molecule has 3 nitrogen and oxygen atoms in total. The Morgan fingerprint density at radius 1 is 0.444 bits per heavy atom. The number of hydrogen-bond donors (Lipinski definition) is 1. The van der Waals surface area contributed by atoms with E-state index in [-0.39, 0.29) is 12.4 Å². The first kappa shape index (κ1) is 26.8. The van der Waals surface area contributed by atoms with E-state index in [1.807, 2.05) is 0 Å². The number of alkyl halides is 1. The van der Waals surface area contributed by atoms with Crippen molar-refractivity contribution < 1.29 is 17.4 Å². The second-order valence-electron chi connectivity index (χ2n) is 8.05. The van der Waals surface area contributed by atoms with Crippen molar-refractivity contribution in [3.05, 3.63) is 0 Å². The molecule has 5 heteroatoms. The molecule has 0 aliphatic rings. The highest BCUT2D eigenvalue weighted by Crippen LogP contribution is 2.14. The predicted octanol–water partition coefficient (Wildman–Crippen LogP) is 7.65.